The summed E-state index contributed by atoms with van der Waals surface area (Å²) < 4.78 is 5.16. The molecule has 0 aromatic rings. The Hall–Kier alpha value is -0.610. The van der Waals surface area contributed by atoms with Crippen LogP contribution in [0.5, 0.6) is 0 Å². The largest absolute Gasteiger partial charge is 0.396 e. The van der Waals surface area contributed by atoms with E-state index >= 15 is 0 Å². The Labute approximate surface area is 98.4 Å². The Kier molecular flexibility index (Phi) is 10.5. The third kappa shape index (κ3) is 8.68. The SMILES string of the molecule is CCOCCCC(=O)NCC(CC)CCO. The molecule has 4 heteroatoms. The monoisotopic (exact) mass is 231 g/mol. The van der Waals surface area contributed by atoms with Crippen LogP contribution in [-0.4, -0.2) is 37.4 Å². The van der Waals surface area contributed by atoms with Gasteiger partial charge >= 0.3 is 0 Å². The van der Waals surface area contributed by atoms with Crippen LogP contribution in [0.1, 0.15) is 39.5 Å². The predicted molar refractivity (Wildman–Crippen MR) is 64.2 cm³/mol. The van der Waals surface area contributed by atoms with Crippen LogP contribution >= 0.6 is 0 Å². The van der Waals surface area contributed by atoms with Crippen molar-refractivity contribution in [3.05, 3.63) is 0 Å². The fourth-order valence-electron chi connectivity index (χ4n) is 1.46. The molecule has 0 rings (SSSR count). The number of aliphatic hydroxyl groups excluding tert-OH is 1. The van der Waals surface area contributed by atoms with E-state index in [1.54, 1.807) is 0 Å². The lowest BCUT2D eigenvalue weighted by Gasteiger charge is -2.14. The highest BCUT2D eigenvalue weighted by Gasteiger charge is 2.07. The maximum Gasteiger partial charge on any atom is 0.220 e. The molecule has 1 amide bonds. The molecule has 2 N–H and O–H groups in total. The molecule has 0 aromatic carbocycles. The van der Waals surface area contributed by atoms with E-state index in [-0.39, 0.29) is 12.5 Å². The van der Waals surface area contributed by atoms with Gasteiger partial charge < -0.3 is 15.2 Å². The van der Waals surface area contributed by atoms with Crippen LogP contribution in [0, 0.1) is 5.92 Å². The van der Waals surface area contributed by atoms with Crippen molar-refractivity contribution in [1.82, 2.24) is 5.32 Å². The first-order chi connectivity index (χ1) is 7.74. The minimum absolute atomic E-state index is 0.0797. The summed E-state index contributed by atoms with van der Waals surface area (Å²) in [6, 6.07) is 0. The molecular formula is C12H25NO3. The van der Waals surface area contributed by atoms with Crippen molar-refractivity contribution in [1.29, 1.82) is 0 Å². The van der Waals surface area contributed by atoms with E-state index in [1.165, 1.54) is 0 Å². The van der Waals surface area contributed by atoms with Gasteiger partial charge in [0.1, 0.15) is 0 Å². The number of hydrogen-bond acceptors (Lipinski definition) is 3. The lowest BCUT2D eigenvalue weighted by Crippen LogP contribution is -2.29. The van der Waals surface area contributed by atoms with Gasteiger partial charge in [-0.05, 0) is 25.7 Å². The van der Waals surface area contributed by atoms with E-state index in [0.29, 0.717) is 32.1 Å². The van der Waals surface area contributed by atoms with Crippen LogP contribution in [-0.2, 0) is 9.53 Å². The van der Waals surface area contributed by atoms with Crippen molar-refractivity contribution in [3.8, 4) is 0 Å². The number of carbonyl (C=O) groups is 1. The van der Waals surface area contributed by atoms with Gasteiger partial charge in [-0.1, -0.05) is 13.3 Å². The molecule has 0 spiro atoms. The molecule has 0 aliphatic rings. The third-order valence-corrected chi connectivity index (χ3v) is 2.60. The molecule has 4 nitrogen and oxygen atoms in total. The highest BCUT2D eigenvalue weighted by molar-refractivity contribution is 5.75. The molecule has 0 heterocycles. The first kappa shape index (κ1) is 15.4. The molecule has 0 aliphatic heterocycles. The van der Waals surface area contributed by atoms with Gasteiger partial charge in [-0.2, -0.15) is 0 Å². The van der Waals surface area contributed by atoms with Gasteiger partial charge in [0, 0.05) is 32.8 Å². The molecule has 96 valence electrons. The highest BCUT2D eigenvalue weighted by atomic mass is 16.5. The maximum absolute atomic E-state index is 11.4. The van der Waals surface area contributed by atoms with Crippen LogP contribution < -0.4 is 5.32 Å². The van der Waals surface area contributed by atoms with Gasteiger partial charge in [0.2, 0.25) is 5.91 Å². The predicted octanol–water partition coefficient (Wildman–Crippen LogP) is 1.33. The summed E-state index contributed by atoms with van der Waals surface area (Å²) in [6.45, 7) is 6.24. The zero-order valence-electron chi connectivity index (χ0n) is 10.5. The van der Waals surface area contributed by atoms with Crippen molar-refractivity contribution in [2.24, 2.45) is 5.92 Å². The van der Waals surface area contributed by atoms with Gasteiger partial charge in [0.15, 0.2) is 0 Å². The standard InChI is InChI=1S/C12H25NO3/c1-3-11(7-8-14)10-13-12(15)6-5-9-16-4-2/h11,14H,3-10H2,1-2H3,(H,13,15). The van der Waals surface area contributed by atoms with E-state index in [4.69, 9.17) is 9.84 Å². The van der Waals surface area contributed by atoms with E-state index < -0.39 is 0 Å². The van der Waals surface area contributed by atoms with E-state index in [0.717, 1.165) is 19.3 Å². The number of aliphatic hydroxyl groups is 1. The van der Waals surface area contributed by atoms with Gasteiger partial charge in [-0.3, -0.25) is 4.79 Å². The number of ether oxygens (including phenoxy) is 1. The summed E-state index contributed by atoms with van der Waals surface area (Å²) in [5.41, 5.74) is 0. The molecule has 0 aliphatic carbocycles. The number of carbonyl (C=O) groups excluding carboxylic acids is 1. The van der Waals surface area contributed by atoms with E-state index in [2.05, 4.69) is 12.2 Å². The molecule has 0 aromatic heterocycles. The van der Waals surface area contributed by atoms with Crippen LogP contribution in [0.25, 0.3) is 0 Å². The number of nitrogens with one attached hydrogen (secondary N) is 1. The second-order valence-electron chi connectivity index (χ2n) is 3.89. The number of amides is 1. The van der Waals surface area contributed by atoms with Crippen molar-refractivity contribution in [2.45, 2.75) is 39.5 Å². The molecule has 0 saturated carbocycles. The lowest BCUT2D eigenvalue weighted by molar-refractivity contribution is -0.121. The molecule has 0 fully saturated rings. The smallest absolute Gasteiger partial charge is 0.220 e. The number of hydrogen-bond donors (Lipinski definition) is 2. The number of rotatable bonds is 10. The van der Waals surface area contributed by atoms with Crippen LogP contribution in [0.4, 0.5) is 0 Å². The molecule has 1 atom stereocenters. The van der Waals surface area contributed by atoms with E-state index in [9.17, 15) is 4.79 Å². The van der Waals surface area contributed by atoms with Crippen molar-refractivity contribution < 1.29 is 14.6 Å². The molecular weight excluding hydrogens is 206 g/mol. The zero-order valence-corrected chi connectivity index (χ0v) is 10.5. The second-order valence-corrected chi connectivity index (χ2v) is 3.89. The van der Waals surface area contributed by atoms with E-state index in [1.807, 2.05) is 6.92 Å². The first-order valence-electron chi connectivity index (χ1n) is 6.19. The topological polar surface area (TPSA) is 58.6 Å². The molecule has 1 unspecified atom stereocenters. The summed E-state index contributed by atoms with van der Waals surface area (Å²) >= 11 is 0. The summed E-state index contributed by atoms with van der Waals surface area (Å²) in [5, 5.41) is 11.7. The fraction of sp³-hybridized carbons (Fsp3) is 0.917. The van der Waals surface area contributed by atoms with Crippen LogP contribution in [0.15, 0.2) is 0 Å². The van der Waals surface area contributed by atoms with Crippen molar-refractivity contribution >= 4 is 5.91 Å². The minimum atomic E-state index is 0.0797. The normalized spacial score (nSPS) is 12.4. The molecule has 0 radical (unpaired) electrons. The first-order valence-corrected chi connectivity index (χ1v) is 6.19. The zero-order chi connectivity index (χ0) is 12.2. The summed E-state index contributed by atoms with van der Waals surface area (Å²) in [4.78, 5) is 11.4. The van der Waals surface area contributed by atoms with Crippen molar-refractivity contribution in [2.75, 3.05) is 26.4 Å². The second kappa shape index (κ2) is 10.9. The Morgan fingerprint density at radius 2 is 2.19 bits per heavy atom. The van der Waals surface area contributed by atoms with Crippen molar-refractivity contribution in [3.63, 3.8) is 0 Å². The maximum atomic E-state index is 11.4. The van der Waals surface area contributed by atoms with Crippen LogP contribution in [0.2, 0.25) is 0 Å². The molecule has 0 saturated heterocycles. The quantitative estimate of drug-likeness (QED) is 0.558. The Morgan fingerprint density at radius 1 is 1.44 bits per heavy atom. The average Bonchev–Trinajstić information content (AvgIpc) is 2.30. The highest BCUT2D eigenvalue weighted by Crippen LogP contribution is 2.05. The average molecular weight is 231 g/mol. The Morgan fingerprint density at radius 3 is 2.75 bits per heavy atom. The summed E-state index contributed by atoms with van der Waals surface area (Å²) in [5.74, 6) is 0.469. The van der Waals surface area contributed by atoms with Gasteiger partial charge in [0.25, 0.3) is 0 Å². The Bertz CT molecular complexity index is 174. The Balaban J connectivity index is 3.47. The minimum Gasteiger partial charge on any atom is -0.396 e. The summed E-state index contributed by atoms with van der Waals surface area (Å²) in [7, 11) is 0. The summed E-state index contributed by atoms with van der Waals surface area (Å²) in [6.07, 6.45) is 3.04. The van der Waals surface area contributed by atoms with Gasteiger partial charge in [-0.25, -0.2) is 0 Å². The van der Waals surface area contributed by atoms with Crippen LogP contribution in [0.3, 0.4) is 0 Å². The third-order valence-electron chi connectivity index (χ3n) is 2.60. The molecule has 0 bridgehead atoms. The molecule has 16 heavy (non-hydrogen) atoms. The lowest BCUT2D eigenvalue weighted by atomic mass is 10.0. The van der Waals surface area contributed by atoms with Gasteiger partial charge in [-0.15, -0.1) is 0 Å². The van der Waals surface area contributed by atoms with Gasteiger partial charge in [0.05, 0.1) is 0 Å². The fourth-order valence-corrected chi connectivity index (χ4v) is 1.46.